The maximum Gasteiger partial charge on any atom is 0.217 e. The second-order valence-electron chi connectivity index (χ2n) is 36.5. The summed E-state index contributed by atoms with van der Waals surface area (Å²) in [5, 5.41) is 341. The Morgan fingerprint density at radius 3 is 0.788 bits per heavy atom. The quantitative estimate of drug-likeness (QED) is 0.0270. The van der Waals surface area contributed by atoms with Crippen LogP contribution in [0.3, 0.4) is 0 Å². The fourth-order valence-corrected chi connectivity index (χ4v) is 18.5. The number of hydrogen-bond acceptors (Lipinski definition) is 56. The Hall–Kier alpha value is -6.16. The normalized spacial score (nSPS) is 44.2. The van der Waals surface area contributed by atoms with Crippen molar-refractivity contribution in [1.29, 1.82) is 0 Å². The van der Waals surface area contributed by atoms with E-state index in [9.17, 15) is 181 Å². The van der Waals surface area contributed by atoms with Gasteiger partial charge in [-0.05, 0) is 0 Å². The van der Waals surface area contributed by atoms with Crippen molar-refractivity contribution in [2.24, 2.45) is 0 Å². The van der Waals surface area contributed by atoms with E-state index in [1.807, 2.05) is 0 Å². The highest BCUT2D eigenvalue weighted by Crippen LogP contribution is 2.43. The predicted molar refractivity (Wildman–Crippen MR) is 457 cm³/mol. The molecule has 0 radical (unpaired) electrons. The Kier molecular flexibility index (Phi) is 45.5. The van der Waals surface area contributed by atoms with Gasteiger partial charge in [0.15, 0.2) is 62.9 Å². The van der Waals surface area contributed by atoms with E-state index in [0.717, 1.165) is 55.4 Å². The van der Waals surface area contributed by atoms with Crippen LogP contribution in [0.4, 0.5) is 0 Å². The molecule has 10 heterocycles. The standard InChI is InChI=1S/C82H138N8O56/c1-21(101)83-29(9-91)48(110)65(30(109)10-92)139-79-47(90-28(8)108)61(123)66(37(17-99)135-79)142-80-64(126)70(144-82-72(146-78-46(89-27(7)107)60(122)54(116)36(16-98)134-78)62(124)67(38(18-100)136-82)140-74-42(85-23(3)103)56(118)50(112)32(12-94)130-74)69(143-76-44(87-25(5)105)58(120)52(114)34(14-96)132-76)40(137-80)20-128-81-71(145-77-45(88-26(6)106)59(121)53(115)35(15-97)133-77)63(125)68(141-75-43(86-24(4)104)57(119)51(113)33(13-95)131-75)39(138-81)19-127-73-41(84-22(2)102)55(117)49(111)31(11-93)129-73/h29-82,91-100,109-126H,9-20H2,1-8H3,(H,83,101)(H,84,102)(H,85,103)(H,86,104)(H,87,105)(H,88,106)(H,89,107)(H,90,108)/t29-,30+,31+,32+,33+,34+,35+,36+,37+,38+,39+,40+,41+,42+,43+,44+,45+,46+,47+,48+,49+,50+,51+,52+,53+,54+,55+,56+,57+,58+,59+,60+,61+,62-,63-,64-,65+,66+,67+,68+,69+,70+,71-,72-,73+,74-,75-,76-,77-,78-,79-,80-,81-,82+/m0/s1. The molecule has 0 aromatic rings. The molecule has 10 aliphatic heterocycles. The first-order valence-electron chi connectivity index (χ1n) is 46.5. The lowest BCUT2D eigenvalue weighted by Gasteiger charge is -2.53. The molecule has 146 heavy (non-hydrogen) atoms. The Labute approximate surface area is 828 Å². The largest absolute Gasteiger partial charge is 0.394 e. The topological polar surface area (TPSA) is 984 Å². The van der Waals surface area contributed by atoms with Crippen LogP contribution in [0.2, 0.25) is 0 Å². The number of aliphatic hydroxyl groups excluding tert-OH is 28. The van der Waals surface area contributed by atoms with E-state index >= 15 is 0 Å². The fraction of sp³-hybridized carbons (Fsp3) is 0.902. The van der Waals surface area contributed by atoms with Gasteiger partial charge in [0.05, 0.1) is 85.3 Å². The minimum Gasteiger partial charge on any atom is -0.394 e. The van der Waals surface area contributed by atoms with Crippen LogP contribution in [0.1, 0.15) is 55.4 Å². The van der Waals surface area contributed by atoms with Crippen molar-refractivity contribution >= 4 is 47.3 Å². The van der Waals surface area contributed by atoms with Crippen LogP contribution in [0.5, 0.6) is 0 Å². The van der Waals surface area contributed by atoms with Crippen molar-refractivity contribution in [3.8, 4) is 0 Å². The first-order chi connectivity index (χ1) is 69.0. The van der Waals surface area contributed by atoms with Crippen molar-refractivity contribution in [3.05, 3.63) is 0 Å². The predicted octanol–water partition coefficient (Wildman–Crippen LogP) is -24.2. The molecule has 842 valence electrons. The molecule has 0 unspecified atom stereocenters. The Balaban J connectivity index is 1.22. The molecule has 64 nitrogen and oxygen atoms in total. The zero-order valence-electron chi connectivity index (χ0n) is 79.6. The first kappa shape index (κ1) is 122. The number of hydrogen-bond donors (Lipinski definition) is 36. The summed E-state index contributed by atoms with van der Waals surface area (Å²) in [6, 6.07) is -16.1. The smallest absolute Gasteiger partial charge is 0.217 e. The Morgan fingerprint density at radius 1 is 0.233 bits per heavy atom. The van der Waals surface area contributed by atoms with Gasteiger partial charge >= 0.3 is 0 Å². The van der Waals surface area contributed by atoms with E-state index in [1.165, 1.54) is 0 Å². The van der Waals surface area contributed by atoms with E-state index in [4.69, 9.17) is 94.7 Å². The van der Waals surface area contributed by atoms with Crippen LogP contribution in [0, 0.1) is 0 Å². The molecule has 54 atom stereocenters. The average molecular weight is 2130 g/mol. The Morgan fingerprint density at radius 2 is 0.473 bits per heavy atom. The average Bonchev–Trinajstić information content (AvgIpc) is 0.747. The maximum atomic E-state index is 13.8. The molecule has 0 aromatic heterocycles. The van der Waals surface area contributed by atoms with Gasteiger partial charge in [0, 0.05) is 55.4 Å². The van der Waals surface area contributed by atoms with Gasteiger partial charge in [-0.25, -0.2) is 0 Å². The monoisotopic (exact) mass is 2130 g/mol. The minimum atomic E-state index is -2.96. The van der Waals surface area contributed by atoms with E-state index in [-0.39, 0.29) is 0 Å². The van der Waals surface area contributed by atoms with Crippen LogP contribution >= 0.6 is 0 Å². The lowest BCUT2D eigenvalue weighted by molar-refractivity contribution is -0.413. The zero-order chi connectivity index (χ0) is 108. The third-order valence-corrected chi connectivity index (χ3v) is 25.8. The summed E-state index contributed by atoms with van der Waals surface area (Å²) in [6.07, 6.45) is -107. The maximum absolute atomic E-state index is 13.8. The number of carbonyl (C=O) groups excluding carboxylic acids is 8. The van der Waals surface area contributed by atoms with Crippen LogP contribution in [-0.4, -0.2) is 601 Å². The molecule has 10 rings (SSSR count). The molecular weight excluding hydrogens is 1990 g/mol. The highest BCUT2D eigenvalue weighted by atomic mass is 16.8. The van der Waals surface area contributed by atoms with Crippen molar-refractivity contribution < 1.29 is 276 Å². The number of aliphatic hydroxyl groups is 28. The summed E-state index contributed by atoms with van der Waals surface area (Å²) in [4.78, 5) is 105. The summed E-state index contributed by atoms with van der Waals surface area (Å²) >= 11 is 0. The van der Waals surface area contributed by atoms with Gasteiger partial charge in [-0.15, -0.1) is 0 Å². The first-order valence-corrected chi connectivity index (χ1v) is 46.5. The SMILES string of the molecule is CC(=O)N[C@H]1[C@H](O[C@@H]([C@H](O)[C@H](CO)NC(C)=O)[C@H](O)CO)O[C@H](CO)[C@@H](O[C@@H]2O[C@H](CO[C@H]3O[C@H](CO[C@@H]4O[C@H](CO)[C@@H](O)[C@H](O)[C@H]4NC(C)=O)[C@@H](O[C@@H]4O[C@H](CO)[C@@H](O)[C@H](O)[C@H]4NC(C)=O)[C@H](O)[C@@H]3O[C@@H]3O[C@H](CO)[C@@H](O)[C@H](O)[C@H]3NC(C)=O)[C@@H](O[C@@H]3O[C@H](CO)[C@@H](O)[C@H](O)[C@H]3NC(C)=O)[C@H](O[C@H]3O[C@H](CO)[C@@H](O[C@@H]4O[C@H](CO)[C@@H](O)[C@H](O)[C@H]4NC(C)=O)[C@H](O)[C@@H]3O[C@@H]3O[C@H](CO)[C@@H](O)[C@H](O)[C@H]3NC(C)=O)[C@@H]2O)[C@@H]1O. The van der Waals surface area contributed by atoms with Gasteiger partial charge in [-0.3, -0.25) is 38.4 Å². The number of amides is 8. The molecule has 0 bridgehead atoms. The van der Waals surface area contributed by atoms with Crippen molar-refractivity contribution in [3.63, 3.8) is 0 Å². The summed E-state index contributed by atoms with van der Waals surface area (Å²) in [5.41, 5.74) is 0. The summed E-state index contributed by atoms with van der Waals surface area (Å²) < 4.78 is 126. The van der Waals surface area contributed by atoms with Crippen LogP contribution < -0.4 is 42.5 Å². The van der Waals surface area contributed by atoms with Crippen molar-refractivity contribution in [2.45, 2.75) is 386 Å². The van der Waals surface area contributed by atoms with Crippen molar-refractivity contribution in [2.75, 3.05) is 79.3 Å². The Bertz CT molecular complexity index is 4130. The highest BCUT2D eigenvalue weighted by Gasteiger charge is 2.64. The molecule has 0 saturated carbocycles. The van der Waals surface area contributed by atoms with E-state index in [0.29, 0.717) is 0 Å². The van der Waals surface area contributed by atoms with Gasteiger partial charge in [-0.2, -0.15) is 0 Å². The third-order valence-electron chi connectivity index (χ3n) is 25.8. The van der Waals surface area contributed by atoms with Crippen LogP contribution in [0.15, 0.2) is 0 Å². The summed E-state index contributed by atoms with van der Waals surface area (Å²) in [7, 11) is 0. The summed E-state index contributed by atoms with van der Waals surface area (Å²) in [6.45, 7) is -7.96. The molecule has 64 heteroatoms. The second-order valence-corrected chi connectivity index (χ2v) is 36.5. The molecule has 10 fully saturated rings. The molecule has 0 aromatic carbocycles. The van der Waals surface area contributed by atoms with Gasteiger partial charge in [0.1, 0.15) is 262 Å². The molecule has 10 aliphatic rings. The molecule has 0 aliphatic carbocycles. The van der Waals surface area contributed by atoms with Gasteiger partial charge in [0.25, 0.3) is 0 Å². The molecule has 10 saturated heterocycles. The van der Waals surface area contributed by atoms with Gasteiger partial charge in [0.2, 0.25) is 47.3 Å². The van der Waals surface area contributed by atoms with Gasteiger partial charge < -0.3 is 280 Å². The lowest BCUT2D eigenvalue weighted by atomic mass is 9.93. The number of nitrogens with one attached hydrogen (secondary N) is 8. The minimum absolute atomic E-state index is 0.845. The lowest BCUT2D eigenvalue weighted by Crippen LogP contribution is -2.72. The van der Waals surface area contributed by atoms with Gasteiger partial charge in [-0.1, -0.05) is 0 Å². The molecule has 0 spiro atoms. The number of carbonyl (C=O) groups is 8. The number of ether oxygens (including phenoxy) is 20. The van der Waals surface area contributed by atoms with Crippen LogP contribution in [-0.2, 0) is 133 Å². The zero-order valence-corrected chi connectivity index (χ0v) is 79.6. The summed E-state index contributed by atoms with van der Waals surface area (Å²) in [5.74, 6) is -8.02. The molecular formula is C82H138N8O56. The number of rotatable bonds is 43. The highest BCUT2D eigenvalue weighted by molar-refractivity contribution is 5.76. The fourth-order valence-electron chi connectivity index (χ4n) is 18.5. The molecule has 36 N–H and O–H groups in total. The van der Waals surface area contributed by atoms with E-state index in [1.54, 1.807) is 0 Å². The van der Waals surface area contributed by atoms with E-state index in [2.05, 4.69) is 42.5 Å². The second kappa shape index (κ2) is 54.6. The van der Waals surface area contributed by atoms with E-state index < -0.39 is 458 Å². The van der Waals surface area contributed by atoms with Crippen molar-refractivity contribution in [1.82, 2.24) is 42.5 Å². The van der Waals surface area contributed by atoms with Crippen LogP contribution in [0.25, 0.3) is 0 Å². The third kappa shape index (κ3) is 28.7. The molecule has 8 amide bonds.